The number of amides is 4. The Morgan fingerprint density at radius 3 is 2.72 bits per heavy atom. The van der Waals surface area contributed by atoms with Gasteiger partial charge in [0.1, 0.15) is 5.82 Å². The molecule has 0 aliphatic carbocycles. The quantitative estimate of drug-likeness (QED) is 0.896. The molecule has 2 N–H and O–H groups in total. The molecule has 8 heteroatoms. The number of carbonyl (C=O) groups is 2. The summed E-state index contributed by atoms with van der Waals surface area (Å²) in [7, 11) is 1.73. The molecule has 0 spiro atoms. The van der Waals surface area contributed by atoms with E-state index in [0.29, 0.717) is 36.6 Å². The number of aromatic nitrogens is 1. The van der Waals surface area contributed by atoms with Crippen LogP contribution in [0.3, 0.4) is 0 Å². The Morgan fingerprint density at radius 1 is 1.24 bits per heavy atom. The molecule has 0 saturated carbocycles. The van der Waals surface area contributed by atoms with Crippen molar-refractivity contribution < 1.29 is 14.0 Å². The van der Waals surface area contributed by atoms with Crippen LogP contribution >= 0.6 is 0 Å². The SMILES string of the molecule is CN1CCN(Cc2cc(F)cc(NC(=O)Nc3cccnc3)c2)C1=O. The zero-order valence-corrected chi connectivity index (χ0v) is 13.7. The van der Waals surface area contributed by atoms with Gasteiger partial charge >= 0.3 is 12.1 Å². The summed E-state index contributed by atoms with van der Waals surface area (Å²) in [6.07, 6.45) is 3.10. The highest BCUT2D eigenvalue weighted by Crippen LogP contribution is 2.18. The number of benzene rings is 1. The lowest BCUT2D eigenvalue weighted by atomic mass is 10.2. The number of nitrogens with zero attached hydrogens (tertiary/aromatic N) is 3. The van der Waals surface area contributed by atoms with Gasteiger partial charge in [-0.25, -0.2) is 14.0 Å². The molecule has 2 heterocycles. The second kappa shape index (κ2) is 7.16. The Labute approximate surface area is 144 Å². The van der Waals surface area contributed by atoms with Crippen LogP contribution in [0.25, 0.3) is 0 Å². The molecule has 1 aromatic carbocycles. The Morgan fingerprint density at radius 2 is 2.04 bits per heavy atom. The van der Waals surface area contributed by atoms with Crippen molar-refractivity contribution in [1.29, 1.82) is 0 Å². The zero-order chi connectivity index (χ0) is 17.8. The molecule has 0 radical (unpaired) electrons. The molecular formula is C17H18FN5O2. The first-order chi connectivity index (χ1) is 12.0. The van der Waals surface area contributed by atoms with Crippen molar-refractivity contribution in [3.05, 3.63) is 54.1 Å². The number of rotatable bonds is 4. The second-order valence-electron chi connectivity index (χ2n) is 5.79. The van der Waals surface area contributed by atoms with E-state index >= 15 is 0 Å². The molecule has 0 atom stereocenters. The summed E-state index contributed by atoms with van der Waals surface area (Å²) in [5.74, 6) is -0.478. The Hall–Kier alpha value is -3.16. The summed E-state index contributed by atoms with van der Waals surface area (Å²) >= 11 is 0. The number of likely N-dealkylation sites (N-methyl/N-ethyl adjacent to an activating group) is 1. The average molecular weight is 343 g/mol. The molecule has 2 aromatic rings. The molecule has 25 heavy (non-hydrogen) atoms. The van der Waals surface area contributed by atoms with Crippen LogP contribution in [-0.2, 0) is 6.54 Å². The predicted octanol–water partition coefficient (Wildman–Crippen LogP) is 2.73. The Balaban J connectivity index is 1.67. The maximum atomic E-state index is 13.9. The first-order valence-electron chi connectivity index (χ1n) is 7.79. The van der Waals surface area contributed by atoms with Gasteiger partial charge in [0, 0.05) is 38.6 Å². The highest BCUT2D eigenvalue weighted by atomic mass is 19.1. The first-order valence-corrected chi connectivity index (χ1v) is 7.79. The summed E-state index contributed by atoms with van der Waals surface area (Å²) in [6, 6.07) is 7.03. The van der Waals surface area contributed by atoms with Gasteiger partial charge in [-0.2, -0.15) is 0 Å². The number of hydrogen-bond acceptors (Lipinski definition) is 3. The van der Waals surface area contributed by atoms with Gasteiger partial charge in [0.2, 0.25) is 0 Å². The number of urea groups is 2. The number of pyridine rings is 1. The number of halogens is 1. The number of anilines is 2. The third-order valence-electron chi connectivity index (χ3n) is 3.81. The molecule has 0 unspecified atom stereocenters. The topological polar surface area (TPSA) is 77.6 Å². The lowest BCUT2D eigenvalue weighted by molar-refractivity contribution is 0.197. The molecule has 7 nitrogen and oxygen atoms in total. The van der Waals surface area contributed by atoms with Crippen molar-refractivity contribution in [2.24, 2.45) is 0 Å². The minimum Gasteiger partial charge on any atom is -0.326 e. The second-order valence-corrected chi connectivity index (χ2v) is 5.79. The van der Waals surface area contributed by atoms with Gasteiger partial charge in [-0.05, 0) is 35.9 Å². The standard InChI is InChI=1S/C17H18FN5O2/c1-22-5-6-23(17(22)25)11-12-7-13(18)9-15(8-12)21-16(24)20-14-3-2-4-19-10-14/h2-4,7-10H,5-6,11H2,1H3,(H2,20,21,24). The summed E-state index contributed by atoms with van der Waals surface area (Å²) in [5.41, 5.74) is 1.46. The molecule has 1 saturated heterocycles. The Bertz CT molecular complexity index is 784. The maximum absolute atomic E-state index is 13.9. The van der Waals surface area contributed by atoms with E-state index in [1.807, 2.05) is 0 Å². The fourth-order valence-corrected chi connectivity index (χ4v) is 2.61. The van der Waals surface area contributed by atoms with Crippen molar-refractivity contribution in [3.63, 3.8) is 0 Å². The Kier molecular flexibility index (Phi) is 4.78. The molecule has 1 fully saturated rings. The minimum atomic E-state index is -0.499. The minimum absolute atomic E-state index is 0.0897. The fraction of sp³-hybridized carbons (Fsp3) is 0.235. The highest BCUT2D eigenvalue weighted by molar-refractivity contribution is 5.99. The zero-order valence-electron chi connectivity index (χ0n) is 13.7. The van der Waals surface area contributed by atoms with Crippen LogP contribution in [0.5, 0.6) is 0 Å². The van der Waals surface area contributed by atoms with Crippen LogP contribution in [-0.4, -0.2) is 47.0 Å². The van der Waals surface area contributed by atoms with Gasteiger partial charge in [-0.1, -0.05) is 0 Å². The van der Waals surface area contributed by atoms with Crippen LogP contribution in [0.15, 0.2) is 42.7 Å². The average Bonchev–Trinajstić information content (AvgIpc) is 2.87. The van der Waals surface area contributed by atoms with Crippen LogP contribution in [0.2, 0.25) is 0 Å². The summed E-state index contributed by atoms with van der Waals surface area (Å²) < 4.78 is 13.9. The van der Waals surface area contributed by atoms with Crippen molar-refractivity contribution >= 4 is 23.4 Å². The van der Waals surface area contributed by atoms with E-state index in [1.54, 1.807) is 41.2 Å². The molecule has 130 valence electrons. The number of hydrogen-bond donors (Lipinski definition) is 2. The van der Waals surface area contributed by atoms with Crippen molar-refractivity contribution in [2.45, 2.75) is 6.54 Å². The fourth-order valence-electron chi connectivity index (χ4n) is 2.61. The molecule has 1 aliphatic heterocycles. The molecule has 0 bridgehead atoms. The van der Waals surface area contributed by atoms with Gasteiger partial charge in [-0.3, -0.25) is 4.98 Å². The van der Waals surface area contributed by atoms with Crippen LogP contribution in [0.1, 0.15) is 5.56 Å². The lowest BCUT2D eigenvalue weighted by Gasteiger charge is -2.17. The van der Waals surface area contributed by atoms with E-state index in [0.717, 1.165) is 0 Å². The van der Waals surface area contributed by atoms with Crippen LogP contribution in [0, 0.1) is 5.82 Å². The van der Waals surface area contributed by atoms with Crippen molar-refractivity contribution in [3.8, 4) is 0 Å². The lowest BCUT2D eigenvalue weighted by Crippen LogP contribution is -2.29. The van der Waals surface area contributed by atoms with Crippen LogP contribution < -0.4 is 10.6 Å². The maximum Gasteiger partial charge on any atom is 0.323 e. The van der Waals surface area contributed by atoms with Gasteiger partial charge in [0.25, 0.3) is 0 Å². The van der Waals surface area contributed by atoms with E-state index in [1.165, 1.54) is 18.3 Å². The first kappa shape index (κ1) is 16.7. The largest absolute Gasteiger partial charge is 0.326 e. The van der Waals surface area contributed by atoms with Crippen molar-refractivity contribution in [2.75, 3.05) is 30.8 Å². The summed E-state index contributed by atoms with van der Waals surface area (Å²) in [6.45, 7) is 1.53. The number of nitrogens with one attached hydrogen (secondary N) is 2. The van der Waals surface area contributed by atoms with E-state index in [-0.39, 0.29) is 6.03 Å². The molecular weight excluding hydrogens is 325 g/mol. The van der Waals surface area contributed by atoms with E-state index < -0.39 is 11.8 Å². The third-order valence-corrected chi connectivity index (χ3v) is 3.81. The summed E-state index contributed by atoms with van der Waals surface area (Å²) in [4.78, 5) is 31.1. The van der Waals surface area contributed by atoms with Gasteiger partial charge in [0.15, 0.2) is 0 Å². The monoisotopic (exact) mass is 343 g/mol. The van der Waals surface area contributed by atoms with E-state index in [9.17, 15) is 14.0 Å². The molecule has 1 aliphatic rings. The van der Waals surface area contributed by atoms with Gasteiger partial charge in [0.05, 0.1) is 11.9 Å². The van der Waals surface area contributed by atoms with E-state index in [2.05, 4.69) is 15.6 Å². The third kappa shape index (κ3) is 4.23. The molecule has 4 amide bonds. The molecule has 3 rings (SSSR count). The predicted molar refractivity (Wildman–Crippen MR) is 91.7 cm³/mol. The van der Waals surface area contributed by atoms with E-state index in [4.69, 9.17) is 0 Å². The van der Waals surface area contributed by atoms with Gasteiger partial charge in [-0.15, -0.1) is 0 Å². The highest BCUT2D eigenvalue weighted by Gasteiger charge is 2.25. The number of carbonyl (C=O) groups excluding carboxylic acids is 2. The van der Waals surface area contributed by atoms with Gasteiger partial charge < -0.3 is 20.4 Å². The smallest absolute Gasteiger partial charge is 0.323 e. The van der Waals surface area contributed by atoms with Crippen LogP contribution in [0.4, 0.5) is 25.4 Å². The summed E-state index contributed by atoms with van der Waals surface area (Å²) in [5, 5.41) is 5.19. The normalized spacial score (nSPS) is 13.9. The van der Waals surface area contributed by atoms with Crippen molar-refractivity contribution in [1.82, 2.24) is 14.8 Å². The molecule has 1 aromatic heterocycles.